The van der Waals surface area contributed by atoms with Crippen molar-refractivity contribution in [1.82, 2.24) is 0 Å². The number of aliphatic imine (C=N–C) groups is 1. The third-order valence-corrected chi connectivity index (χ3v) is 11.4. The highest BCUT2D eigenvalue weighted by atomic mass is 16.5. The molecule has 2 aromatic heterocycles. The van der Waals surface area contributed by atoms with E-state index < -0.39 is 0 Å². The van der Waals surface area contributed by atoms with Gasteiger partial charge in [0, 0.05) is 38.8 Å². The van der Waals surface area contributed by atoms with Gasteiger partial charge in [0.15, 0.2) is 0 Å². The molecule has 0 radical (unpaired) electrons. The number of hydrogen-bond donors (Lipinski definition) is 0. The zero-order valence-corrected chi connectivity index (χ0v) is 33.2. The second-order valence-electron chi connectivity index (χ2n) is 15.1. The summed E-state index contributed by atoms with van der Waals surface area (Å²) in [6.07, 6.45) is 3.64. The fraction of sp³-hybridized carbons (Fsp3) is 0.0179. The highest BCUT2D eigenvalue weighted by Gasteiger charge is 2.23. The van der Waals surface area contributed by atoms with Crippen LogP contribution in [0.4, 0.5) is 17.1 Å². The number of anilines is 3. The predicted octanol–water partition coefficient (Wildman–Crippen LogP) is 13.4. The molecule has 5 heteroatoms. The molecule has 8 aromatic carbocycles. The van der Waals surface area contributed by atoms with Crippen LogP contribution in [0.3, 0.4) is 0 Å². The third kappa shape index (κ3) is 6.59. The minimum Gasteiger partial charge on any atom is -0.471 e. The molecule has 0 fully saturated rings. The van der Waals surface area contributed by atoms with E-state index in [9.17, 15) is 0 Å². The minimum absolute atomic E-state index is 0.306. The van der Waals surface area contributed by atoms with Gasteiger partial charge in [-0.1, -0.05) is 140 Å². The summed E-state index contributed by atoms with van der Waals surface area (Å²) in [5, 5.41) is 3.88. The standard InChI is InChI=1S/C56H38N2O3/c1-2-13-52-55(49-36-59-56(57-49)47-21-12-23-53-54(47)46-20-9-10-22-50(46)60-53)48-35-42(28-33-51(48)61-52)40-26-31-44(32-27-40)58(43-29-24-39(25-30-43)37-14-5-3-6-15-37)45-19-11-18-41(34-45)38-16-7-4-8-17-38/h2-35H,1,36H2/b52-13+,55-49+. The smallest absolute Gasteiger partial charge is 0.222 e. The molecule has 0 N–H and O–H groups in total. The number of furan rings is 2. The van der Waals surface area contributed by atoms with Crippen LogP contribution < -0.4 is 15.5 Å². The van der Waals surface area contributed by atoms with E-state index in [4.69, 9.17) is 18.6 Å². The molecule has 1 aliphatic heterocycles. The molecule has 0 amide bonds. The van der Waals surface area contributed by atoms with Crippen molar-refractivity contribution < 1.29 is 13.6 Å². The number of para-hydroxylation sites is 1. The largest absolute Gasteiger partial charge is 0.471 e. The Labute approximate surface area is 352 Å². The van der Waals surface area contributed by atoms with Crippen molar-refractivity contribution in [2.45, 2.75) is 0 Å². The van der Waals surface area contributed by atoms with Gasteiger partial charge in [0.05, 0.1) is 10.9 Å². The van der Waals surface area contributed by atoms with Crippen molar-refractivity contribution in [3.8, 4) is 33.4 Å². The van der Waals surface area contributed by atoms with Gasteiger partial charge in [-0.25, -0.2) is 4.99 Å². The number of hydrogen-bond acceptors (Lipinski definition) is 5. The lowest BCUT2D eigenvalue weighted by molar-refractivity contribution is 0.375. The number of fused-ring (bicyclic) bond motifs is 4. The topological polar surface area (TPSA) is 51.1 Å². The lowest BCUT2D eigenvalue weighted by Crippen LogP contribution is -2.23. The average molecular weight is 787 g/mol. The van der Waals surface area contributed by atoms with Crippen LogP contribution >= 0.6 is 0 Å². The Morgan fingerprint density at radius 3 is 1.79 bits per heavy atom. The van der Waals surface area contributed by atoms with Crippen molar-refractivity contribution in [3.63, 3.8) is 0 Å². The van der Waals surface area contributed by atoms with Crippen LogP contribution in [-0.4, -0.2) is 12.5 Å². The molecule has 0 saturated carbocycles. The molecule has 1 aliphatic rings. The Morgan fingerprint density at radius 2 is 1.05 bits per heavy atom. The molecule has 290 valence electrons. The molecule has 5 nitrogen and oxygen atoms in total. The quantitative estimate of drug-likeness (QED) is 0.154. The molecule has 0 unspecified atom stereocenters. The molecule has 0 bridgehead atoms. The molecule has 0 atom stereocenters. The maximum atomic E-state index is 6.43. The van der Waals surface area contributed by atoms with Gasteiger partial charge in [-0.15, -0.1) is 0 Å². The first-order valence-corrected chi connectivity index (χ1v) is 20.4. The van der Waals surface area contributed by atoms with Crippen LogP contribution in [-0.2, 0) is 4.74 Å². The maximum Gasteiger partial charge on any atom is 0.222 e. The van der Waals surface area contributed by atoms with Crippen molar-refractivity contribution in [3.05, 3.63) is 223 Å². The van der Waals surface area contributed by atoms with Gasteiger partial charge in [-0.05, 0) is 106 Å². The van der Waals surface area contributed by atoms with Crippen molar-refractivity contribution in [2.75, 3.05) is 11.5 Å². The number of nitrogens with zero attached hydrogens (tertiary/aromatic N) is 2. The third-order valence-electron chi connectivity index (χ3n) is 11.4. The van der Waals surface area contributed by atoms with Crippen molar-refractivity contribution in [2.24, 2.45) is 4.99 Å². The number of rotatable bonds is 8. The van der Waals surface area contributed by atoms with Gasteiger partial charge in [-0.2, -0.15) is 0 Å². The first kappa shape index (κ1) is 36.0. The highest BCUT2D eigenvalue weighted by molar-refractivity contribution is 6.17. The molecular weight excluding hydrogens is 749 g/mol. The molecule has 61 heavy (non-hydrogen) atoms. The summed E-state index contributed by atoms with van der Waals surface area (Å²) < 4.78 is 19.0. The molecule has 0 aliphatic carbocycles. The first-order valence-electron chi connectivity index (χ1n) is 20.4. The van der Waals surface area contributed by atoms with Gasteiger partial charge >= 0.3 is 0 Å². The van der Waals surface area contributed by atoms with Gasteiger partial charge in [0.2, 0.25) is 5.90 Å². The van der Waals surface area contributed by atoms with E-state index in [0.717, 1.165) is 83.1 Å². The summed E-state index contributed by atoms with van der Waals surface area (Å²) in [7, 11) is 0. The normalized spacial score (nSPS) is 13.8. The van der Waals surface area contributed by atoms with Crippen LogP contribution in [0.5, 0.6) is 0 Å². The lowest BCUT2D eigenvalue weighted by Gasteiger charge is -2.26. The van der Waals surface area contributed by atoms with E-state index in [1.165, 1.54) is 16.7 Å². The van der Waals surface area contributed by atoms with Gasteiger partial charge in [0.1, 0.15) is 28.8 Å². The summed E-state index contributed by atoms with van der Waals surface area (Å²) in [5.41, 5.74) is 14.8. The fourth-order valence-electron chi connectivity index (χ4n) is 8.50. The molecule has 0 spiro atoms. The number of allylic oxidation sites excluding steroid dienone is 1. The molecule has 0 saturated heterocycles. The number of benzene rings is 8. The Morgan fingerprint density at radius 1 is 0.475 bits per heavy atom. The second kappa shape index (κ2) is 15.2. The van der Waals surface area contributed by atoms with Crippen LogP contribution in [0.1, 0.15) is 5.56 Å². The summed E-state index contributed by atoms with van der Waals surface area (Å²) in [6, 6.07) is 67.7. The summed E-state index contributed by atoms with van der Waals surface area (Å²) in [5.74, 6) is 0.561. The van der Waals surface area contributed by atoms with E-state index in [2.05, 4.69) is 157 Å². The maximum absolute atomic E-state index is 6.43. The summed E-state index contributed by atoms with van der Waals surface area (Å²) >= 11 is 0. The average Bonchev–Trinajstić information content (AvgIpc) is 4.06. The van der Waals surface area contributed by atoms with E-state index in [1.54, 1.807) is 6.08 Å². The first-order chi connectivity index (χ1) is 30.2. The zero-order chi connectivity index (χ0) is 40.7. The Hall–Kier alpha value is -8.15. The highest BCUT2D eigenvalue weighted by Crippen LogP contribution is 2.39. The van der Waals surface area contributed by atoms with Crippen LogP contribution in [0.25, 0.3) is 78.1 Å². The van der Waals surface area contributed by atoms with Crippen LogP contribution in [0, 0.1) is 0 Å². The van der Waals surface area contributed by atoms with Crippen molar-refractivity contribution >= 4 is 67.6 Å². The van der Waals surface area contributed by atoms with Crippen molar-refractivity contribution in [1.29, 1.82) is 0 Å². The molecular formula is C56H38N2O3. The summed E-state index contributed by atoms with van der Waals surface area (Å²) in [6.45, 7) is 4.28. The Balaban J connectivity index is 0.991. The van der Waals surface area contributed by atoms with Crippen LogP contribution in [0.15, 0.2) is 221 Å². The van der Waals surface area contributed by atoms with E-state index >= 15 is 0 Å². The van der Waals surface area contributed by atoms with E-state index in [-0.39, 0.29) is 0 Å². The molecule has 11 rings (SSSR count). The van der Waals surface area contributed by atoms with E-state index in [0.29, 0.717) is 17.9 Å². The molecule has 10 aromatic rings. The van der Waals surface area contributed by atoms with Crippen LogP contribution in [0.2, 0.25) is 0 Å². The monoisotopic (exact) mass is 786 g/mol. The Kier molecular flexibility index (Phi) is 8.98. The second-order valence-corrected chi connectivity index (χ2v) is 15.1. The number of ether oxygens (including phenoxy) is 1. The predicted molar refractivity (Wildman–Crippen MR) is 251 cm³/mol. The lowest BCUT2D eigenvalue weighted by atomic mass is 10.0. The van der Waals surface area contributed by atoms with Gasteiger partial charge < -0.3 is 18.5 Å². The fourth-order valence-corrected chi connectivity index (χ4v) is 8.50. The molecule has 3 heterocycles. The van der Waals surface area contributed by atoms with Gasteiger partial charge in [0.25, 0.3) is 0 Å². The summed E-state index contributed by atoms with van der Waals surface area (Å²) in [4.78, 5) is 7.44. The van der Waals surface area contributed by atoms with E-state index in [1.807, 2.05) is 54.6 Å². The van der Waals surface area contributed by atoms with Gasteiger partial charge in [-0.3, -0.25) is 0 Å². The zero-order valence-electron chi connectivity index (χ0n) is 33.2. The SMILES string of the molecule is C=C/C=c1/oc2ccc(-c3ccc(N(c4ccc(-c5ccccc5)cc4)c4cccc(-c5ccccc5)c4)cc3)cc2/c1=C1/COC(c2cccc3oc4ccccc4c23)=N1. The Bertz CT molecular complexity index is 3420. The minimum atomic E-state index is 0.306.